The number of aliphatic carboxylic acids is 1. The summed E-state index contributed by atoms with van der Waals surface area (Å²) in [5.41, 5.74) is 1.06. The monoisotopic (exact) mass is 488 g/mol. The molecule has 2 amide bonds. The van der Waals surface area contributed by atoms with E-state index in [0.29, 0.717) is 24.4 Å². The van der Waals surface area contributed by atoms with E-state index in [0.717, 1.165) is 12.1 Å². The quantitative estimate of drug-likeness (QED) is 0.349. The summed E-state index contributed by atoms with van der Waals surface area (Å²) in [6, 6.07) is 5.30. The molecule has 3 aliphatic rings. The van der Waals surface area contributed by atoms with Crippen molar-refractivity contribution in [2.24, 2.45) is 18.9 Å². The van der Waals surface area contributed by atoms with Gasteiger partial charge in [0.1, 0.15) is 7.05 Å². The van der Waals surface area contributed by atoms with Crippen LogP contribution in [0.2, 0.25) is 0 Å². The lowest BCUT2D eigenvalue weighted by atomic mass is 9.79. The van der Waals surface area contributed by atoms with Gasteiger partial charge in [-0.05, 0) is 13.3 Å². The lowest BCUT2D eigenvalue weighted by Crippen LogP contribution is -2.64. The first-order valence-corrected chi connectivity index (χ1v) is 12.5. The maximum atomic E-state index is 13.0. The van der Waals surface area contributed by atoms with Gasteiger partial charge in [-0.3, -0.25) is 9.59 Å². The van der Waals surface area contributed by atoms with Gasteiger partial charge in [-0.25, -0.2) is 4.57 Å². The molecule has 6 atom stereocenters. The molecule has 4 heterocycles. The molecule has 3 unspecified atom stereocenters. The van der Waals surface area contributed by atoms with Crippen molar-refractivity contribution in [2.75, 3.05) is 20.1 Å². The van der Waals surface area contributed by atoms with Crippen LogP contribution in [0.15, 0.2) is 35.0 Å². The molecule has 34 heavy (non-hydrogen) atoms. The molecule has 1 aromatic rings. The number of carbonyl (C=O) groups is 3. The van der Waals surface area contributed by atoms with Crippen LogP contribution in [0.25, 0.3) is 0 Å². The average Bonchev–Trinajstić information content (AvgIpc) is 3.34. The Balaban J connectivity index is 1.38. The SMILES string of the molecule is CC(O)[C@H]1C(=O)N2C(C(=O)[O-])=C(SC3CNC(C(=O)N(C)CCc4cccc[n+]4C)C3)[C@@H](C)[C@H]12. The minimum absolute atomic E-state index is 0.000115. The predicted octanol–water partition coefficient (Wildman–Crippen LogP) is -1.21. The molecule has 2 fully saturated rings. The standard InChI is InChI=1S/C24H32N4O5S/c1-13-19-18(14(2)29)23(31)28(19)20(24(32)33)21(13)34-16-11-17(25-12-16)22(30)27(4)10-8-15-7-5-6-9-26(15)3/h5-7,9,13-14,16-19,25,29H,8,10-12H2,1-4H3/t13-,14?,16?,17?,18+,19+/m0/s1. The van der Waals surface area contributed by atoms with E-state index in [9.17, 15) is 24.6 Å². The third kappa shape index (κ3) is 4.34. The van der Waals surface area contributed by atoms with Crippen LogP contribution < -0.4 is 15.0 Å². The Morgan fingerprint density at radius 2 is 2.15 bits per heavy atom. The van der Waals surface area contributed by atoms with Crippen LogP contribution in [0.3, 0.4) is 0 Å². The van der Waals surface area contributed by atoms with Crippen molar-refractivity contribution in [3.05, 3.63) is 40.7 Å². The van der Waals surface area contributed by atoms with E-state index in [4.69, 9.17) is 0 Å². The number of nitrogens with zero attached hydrogens (tertiary/aromatic N) is 3. The number of β-lactam (4-membered cyclic amide) rings is 1. The summed E-state index contributed by atoms with van der Waals surface area (Å²) < 4.78 is 2.04. The number of fused-ring (bicyclic) bond motifs is 1. The molecule has 9 nitrogen and oxygen atoms in total. The fourth-order valence-corrected chi connectivity index (χ4v) is 6.78. The normalized spacial score (nSPS) is 29.1. The van der Waals surface area contributed by atoms with Crippen LogP contribution >= 0.6 is 11.8 Å². The van der Waals surface area contributed by atoms with E-state index >= 15 is 0 Å². The van der Waals surface area contributed by atoms with Gasteiger partial charge in [0, 0.05) is 48.3 Å². The maximum Gasteiger partial charge on any atom is 0.239 e. The number of hydrogen-bond donors (Lipinski definition) is 2. The van der Waals surface area contributed by atoms with Crippen LogP contribution in [0.5, 0.6) is 0 Å². The predicted molar refractivity (Wildman–Crippen MR) is 124 cm³/mol. The second-order valence-corrected chi connectivity index (χ2v) is 10.8. The number of aliphatic hydroxyl groups excluding tert-OH is 1. The molecular formula is C24H32N4O5S. The Bertz CT molecular complexity index is 1030. The number of carbonyl (C=O) groups excluding carboxylic acids is 3. The molecule has 0 radical (unpaired) electrons. The van der Waals surface area contributed by atoms with Crippen LogP contribution in [-0.2, 0) is 27.9 Å². The zero-order chi connectivity index (χ0) is 24.7. The van der Waals surface area contributed by atoms with Crippen molar-refractivity contribution in [3.8, 4) is 0 Å². The Morgan fingerprint density at radius 3 is 2.79 bits per heavy atom. The zero-order valence-corrected chi connectivity index (χ0v) is 20.7. The fraction of sp³-hybridized carbons (Fsp3) is 0.583. The van der Waals surface area contributed by atoms with Gasteiger partial charge in [0.2, 0.25) is 11.8 Å². The molecule has 0 spiro atoms. The van der Waals surface area contributed by atoms with Crippen molar-refractivity contribution in [1.29, 1.82) is 0 Å². The second kappa shape index (κ2) is 9.67. The lowest BCUT2D eigenvalue weighted by molar-refractivity contribution is -0.679. The number of carboxylic acids is 1. The number of hydrogen-bond acceptors (Lipinski definition) is 7. The number of likely N-dealkylation sites (N-methyl/N-ethyl adjacent to an activating group) is 1. The summed E-state index contributed by atoms with van der Waals surface area (Å²) in [4.78, 5) is 41.0. The van der Waals surface area contributed by atoms with Gasteiger partial charge in [0.25, 0.3) is 0 Å². The van der Waals surface area contributed by atoms with E-state index in [1.165, 1.54) is 16.7 Å². The second-order valence-electron chi connectivity index (χ2n) is 9.50. The van der Waals surface area contributed by atoms with Crippen molar-refractivity contribution in [1.82, 2.24) is 15.1 Å². The van der Waals surface area contributed by atoms with E-state index in [1.807, 2.05) is 42.9 Å². The molecule has 2 saturated heterocycles. The highest BCUT2D eigenvalue weighted by atomic mass is 32.2. The fourth-order valence-electron chi connectivity index (χ4n) is 5.31. The first-order valence-electron chi connectivity index (χ1n) is 11.7. The zero-order valence-electron chi connectivity index (χ0n) is 19.9. The molecule has 184 valence electrons. The highest BCUT2D eigenvalue weighted by Gasteiger charge is 2.59. The number of thioether (sulfide) groups is 1. The van der Waals surface area contributed by atoms with E-state index in [-0.39, 0.29) is 40.8 Å². The molecule has 3 aliphatic heterocycles. The Kier molecular flexibility index (Phi) is 7.02. The largest absolute Gasteiger partial charge is 0.543 e. The van der Waals surface area contributed by atoms with Crippen LogP contribution in [0.1, 0.15) is 26.0 Å². The van der Waals surface area contributed by atoms with Crippen molar-refractivity contribution < 1.29 is 29.2 Å². The third-order valence-corrected chi connectivity index (χ3v) is 8.74. The lowest BCUT2D eigenvalue weighted by Gasteiger charge is -2.47. The summed E-state index contributed by atoms with van der Waals surface area (Å²) in [5.74, 6) is -2.53. The van der Waals surface area contributed by atoms with E-state index in [1.54, 1.807) is 18.9 Å². The number of pyridine rings is 1. The minimum atomic E-state index is -1.37. The topological polar surface area (TPSA) is 117 Å². The Labute approximate surface area is 203 Å². The number of nitrogens with one attached hydrogen (secondary N) is 1. The number of aliphatic hydroxyl groups is 1. The van der Waals surface area contributed by atoms with Crippen LogP contribution in [-0.4, -0.2) is 76.3 Å². The summed E-state index contributed by atoms with van der Waals surface area (Å²) >= 11 is 1.41. The number of aromatic nitrogens is 1. The summed E-state index contributed by atoms with van der Waals surface area (Å²) in [5, 5.41) is 25.2. The number of amides is 2. The van der Waals surface area contributed by atoms with Gasteiger partial charge >= 0.3 is 0 Å². The third-order valence-electron chi connectivity index (χ3n) is 7.23. The number of aryl methyl sites for hydroxylation is 1. The first-order chi connectivity index (χ1) is 16.1. The molecule has 0 saturated carbocycles. The van der Waals surface area contributed by atoms with Gasteiger partial charge < -0.3 is 30.1 Å². The van der Waals surface area contributed by atoms with E-state index in [2.05, 4.69) is 5.32 Å². The molecule has 2 N–H and O–H groups in total. The molecule has 1 aromatic heterocycles. The van der Waals surface area contributed by atoms with E-state index < -0.39 is 18.0 Å². The van der Waals surface area contributed by atoms with Crippen LogP contribution in [0, 0.1) is 11.8 Å². The minimum Gasteiger partial charge on any atom is -0.543 e. The van der Waals surface area contributed by atoms with Crippen molar-refractivity contribution in [2.45, 2.75) is 50.1 Å². The van der Waals surface area contributed by atoms with Gasteiger partial charge in [0.15, 0.2) is 11.9 Å². The number of carboxylic acid groups (broad SMARTS) is 1. The first kappa shape index (κ1) is 24.7. The Hall–Kier alpha value is -2.43. The summed E-state index contributed by atoms with van der Waals surface area (Å²) in [7, 11) is 3.78. The summed E-state index contributed by atoms with van der Waals surface area (Å²) in [6.45, 7) is 4.61. The molecule has 10 heteroatoms. The van der Waals surface area contributed by atoms with Gasteiger partial charge in [-0.2, -0.15) is 0 Å². The highest BCUT2D eigenvalue weighted by Crippen LogP contribution is 2.51. The average molecular weight is 489 g/mol. The van der Waals surface area contributed by atoms with Crippen LogP contribution in [0.4, 0.5) is 0 Å². The van der Waals surface area contributed by atoms with Gasteiger partial charge in [-0.1, -0.05) is 13.0 Å². The summed E-state index contributed by atoms with van der Waals surface area (Å²) in [6.07, 6.45) is 2.46. The molecule has 0 bridgehead atoms. The van der Waals surface area contributed by atoms with Gasteiger partial charge in [-0.15, -0.1) is 11.8 Å². The smallest absolute Gasteiger partial charge is 0.239 e. The molecular weight excluding hydrogens is 456 g/mol. The highest BCUT2D eigenvalue weighted by molar-refractivity contribution is 8.03. The Morgan fingerprint density at radius 1 is 1.41 bits per heavy atom. The molecule has 0 aromatic carbocycles. The van der Waals surface area contributed by atoms with Gasteiger partial charge in [0.05, 0.1) is 42.2 Å². The van der Waals surface area contributed by atoms with Crippen molar-refractivity contribution >= 4 is 29.5 Å². The number of rotatable bonds is 8. The molecule has 0 aliphatic carbocycles. The van der Waals surface area contributed by atoms with Crippen molar-refractivity contribution in [3.63, 3.8) is 0 Å². The molecule has 4 rings (SSSR count). The maximum absolute atomic E-state index is 13.0.